The summed E-state index contributed by atoms with van der Waals surface area (Å²) in [6.07, 6.45) is 4.16. The SMILES string of the molecule is O=C(Nc1ccccc1C(=O)NCc1cccnc1)c1ccc([C@@H]2SCC(=O)N2CCc2ccccc2)cc1. The minimum absolute atomic E-state index is 0.0810. The first-order valence-corrected chi connectivity index (χ1v) is 13.8. The zero-order valence-corrected chi connectivity index (χ0v) is 22.1. The van der Waals surface area contributed by atoms with Crippen molar-refractivity contribution in [2.75, 3.05) is 17.6 Å². The van der Waals surface area contributed by atoms with Gasteiger partial charge in [-0.2, -0.15) is 0 Å². The van der Waals surface area contributed by atoms with E-state index in [0.717, 1.165) is 17.5 Å². The number of thioether (sulfide) groups is 1. The lowest BCUT2D eigenvalue weighted by Gasteiger charge is -2.24. The van der Waals surface area contributed by atoms with Crippen LogP contribution >= 0.6 is 11.8 Å². The lowest BCUT2D eigenvalue weighted by molar-refractivity contribution is -0.128. The number of rotatable bonds is 9. The molecular formula is C31H28N4O3S. The number of carbonyl (C=O) groups excluding carboxylic acids is 3. The predicted molar refractivity (Wildman–Crippen MR) is 153 cm³/mol. The molecule has 39 heavy (non-hydrogen) atoms. The first kappa shape index (κ1) is 26.2. The highest BCUT2D eigenvalue weighted by Gasteiger charge is 2.32. The summed E-state index contributed by atoms with van der Waals surface area (Å²) in [5.74, 6) is -0.0312. The van der Waals surface area contributed by atoms with Crippen LogP contribution in [0.4, 0.5) is 5.69 Å². The molecule has 0 radical (unpaired) electrons. The van der Waals surface area contributed by atoms with Gasteiger partial charge in [-0.15, -0.1) is 11.8 Å². The number of nitrogens with zero attached hydrogens (tertiary/aromatic N) is 2. The van der Waals surface area contributed by atoms with Crippen molar-refractivity contribution >= 4 is 35.2 Å². The number of benzene rings is 3. The summed E-state index contributed by atoms with van der Waals surface area (Å²) >= 11 is 1.60. The van der Waals surface area contributed by atoms with Crippen LogP contribution in [0.2, 0.25) is 0 Å². The molecule has 1 fully saturated rings. The van der Waals surface area contributed by atoms with Crippen LogP contribution in [0.3, 0.4) is 0 Å². The molecule has 1 atom stereocenters. The number of carbonyl (C=O) groups is 3. The molecule has 8 heteroatoms. The Morgan fingerprint density at radius 2 is 1.62 bits per heavy atom. The number of hydrogen-bond acceptors (Lipinski definition) is 5. The van der Waals surface area contributed by atoms with Gasteiger partial charge in [0.05, 0.1) is 17.0 Å². The number of aromatic nitrogens is 1. The van der Waals surface area contributed by atoms with Crippen molar-refractivity contribution in [3.63, 3.8) is 0 Å². The maximum Gasteiger partial charge on any atom is 0.255 e. The number of anilines is 1. The van der Waals surface area contributed by atoms with Crippen LogP contribution in [0.25, 0.3) is 0 Å². The summed E-state index contributed by atoms with van der Waals surface area (Å²) in [5.41, 5.74) is 4.33. The van der Waals surface area contributed by atoms with Crippen LogP contribution in [-0.2, 0) is 17.8 Å². The van der Waals surface area contributed by atoms with E-state index in [1.165, 1.54) is 5.56 Å². The molecule has 1 aliphatic heterocycles. The van der Waals surface area contributed by atoms with Gasteiger partial charge in [0.1, 0.15) is 5.37 Å². The topological polar surface area (TPSA) is 91.4 Å². The molecule has 1 saturated heterocycles. The molecular weight excluding hydrogens is 508 g/mol. The van der Waals surface area contributed by atoms with Crippen LogP contribution < -0.4 is 10.6 Å². The molecule has 0 bridgehead atoms. The molecule has 4 aromatic rings. The van der Waals surface area contributed by atoms with E-state index in [2.05, 4.69) is 27.8 Å². The van der Waals surface area contributed by atoms with Crippen molar-refractivity contribution in [1.82, 2.24) is 15.2 Å². The van der Waals surface area contributed by atoms with Gasteiger partial charge in [0.2, 0.25) is 5.91 Å². The zero-order chi connectivity index (χ0) is 27.0. The lowest BCUT2D eigenvalue weighted by Crippen LogP contribution is -2.30. The summed E-state index contributed by atoms with van der Waals surface area (Å²) < 4.78 is 0. The van der Waals surface area contributed by atoms with Crippen LogP contribution in [0.15, 0.2) is 103 Å². The molecule has 2 heterocycles. The van der Waals surface area contributed by atoms with Gasteiger partial charge in [0.25, 0.3) is 11.8 Å². The standard InChI is InChI=1S/C31H28N4O3S/c36-28-21-39-31(35(28)18-16-22-7-2-1-3-8-22)25-14-12-24(13-15-25)29(37)34-27-11-5-4-10-26(27)30(38)33-20-23-9-6-17-32-19-23/h1-15,17,19,31H,16,18,20-21H2,(H,33,38)(H,34,37)/t31-/m0/s1. The highest BCUT2D eigenvalue weighted by Crippen LogP contribution is 2.38. The molecule has 0 saturated carbocycles. The number of nitrogens with one attached hydrogen (secondary N) is 2. The first-order valence-electron chi connectivity index (χ1n) is 12.7. The third-order valence-corrected chi connectivity index (χ3v) is 7.76. The smallest absolute Gasteiger partial charge is 0.255 e. The molecule has 0 spiro atoms. The van der Waals surface area contributed by atoms with Gasteiger partial charge in [-0.05, 0) is 53.4 Å². The number of pyridine rings is 1. The number of amides is 3. The molecule has 3 amide bonds. The van der Waals surface area contributed by atoms with Crippen LogP contribution in [-0.4, -0.2) is 39.9 Å². The fraction of sp³-hybridized carbons (Fsp3) is 0.161. The van der Waals surface area contributed by atoms with E-state index >= 15 is 0 Å². The van der Waals surface area contributed by atoms with Gasteiger partial charge in [-0.3, -0.25) is 19.4 Å². The van der Waals surface area contributed by atoms with Crippen molar-refractivity contribution in [2.24, 2.45) is 0 Å². The molecule has 196 valence electrons. The Bertz CT molecular complexity index is 1450. The zero-order valence-electron chi connectivity index (χ0n) is 21.2. The minimum atomic E-state index is -0.315. The Kier molecular flexibility index (Phi) is 8.33. The second-order valence-corrected chi connectivity index (χ2v) is 10.2. The Hall–Kier alpha value is -4.43. The van der Waals surface area contributed by atoms with Gasteiger partial charge < -0.3 is 15.5 Å². The molecule has 0 unspecified atom stereocenters. The van der Waals surface area contributed by atoms with E-state index in [0.29, 0.717) is 35.7 Å². The third-order valence-electron chi connectivity index (χ3n) is 6.51. The highest BCUT2D eigenvalue weighted by atomic mass is 32.2. The van der Waals surface area contributed by atoms with E-state index < -0.39 is 0 Å². The molecule has 5 rings (SSSR count). The Morgan fingerprint density at radius 3 is 2.38 bits per heavy atom. The van der Waals surface area contributed by atoms with Crippen LogP contribution in [0.5, 0.6) is 0 Å². The van der Waals surface area contributed by atoms with Gasteiger partial charge in [-0.25, -0.2) is 0 Å². The first-order chi connectivity index (χ1) is 19.1. The van der Waals surface area contributed by atoms with Crippen molar-refractivity contribution < 1.29 is 14.4 Å². The highest BCUT2D eigenvalue weighted by molar-refractivity contribution is 8.00. The second kappa shape index (κ2) is 12.4. The van der Waals surface area contributed by atoms with E-state index in [9.17, 15) is 14.4 Å². The largest absolute Gasteiger partial charge is 0.348 e. The Morgan fingerprint density at radius 1 is 0.872 bits per heavy atom. The lowest BCUT2D eigenvalue weighted by atomic mass is 10.1. The fourth-order valence-electron chi connectivity index (χ4n) is 4.43. The van der Waals surface area contributed by atoms with Gasteiger partial charge in [0, 0.05) is 31.0 Å². The fourth-order valence-corrected chi connectivity index (χ4v) is 5.65. The monoisotopic (exact) mass is 536 g/mol. The van der Waals surface area contributed by atoms with Gasteiger partial charge >= 0.3 is 0 Å². The minimum Gasteiger partial charge on any atom is -0.348 e. The van der Waals surface area contributed by atoms with Crippen molar-refractivity contribution in [3.05, 3.63) is 131 Å². The summed E-state index contributed by atoms with van der Waals surface area (Å²) in [5, 5.41) is 5.66. The van der Waals surface area contributed by atoms with E-state index in [-0.39, 0.29) is 23.1 Å². The van der Waals surface area contributed by atoms with E-state index in [4.69, 9.17) is 0 Å². The predicted octanol–water partition coefficient (Wildman–Crippen LogP) is 5.08. The average Bonchev–Trinajstić information content (AvgIpc) is 3.36. The van der Waals surface area contributed by atoms with E-state index in [1.54, 1.807) is 60.6 Å². The number of hydrogen-bond donors (Lipinski definition) is 2. The Labute approximate surface area is 231 Å². The summed E-state index contributed by atoms with van der Waals surface area (Å²) in [6.45, 7) is 0.975. The van der Waals surface area contributed by atoms with E-state index in [1.807, 2.05) is 47.4 Å². The molecule has 1 aliphatic rings. The molecule has 2 N–H and O–H groups in total. The van der Waals surface area contributed by atoms with Gasteiger partial charge in [-0.1, -0.05) is 60.7 Å². The maximum atomic E-state index is 13.1. The Balaban J connectivity index is 1.23. The summed E-state index contributed by atoms with van der Waals surface area (Å²) in [6, 6.07) is 28.0. The quantitative estimate of drug-likeness (QED) is 0.311. The van der Waals surface area contributed by atoms with Crippen molar-refractivity contribution in [2.45, 2.75) is 18.3 Å². The third kappa shape index (κ3) is 6.53. The van der Waals surface area contributed by atoms with Crippen molar-refractivity contribution in [1.29, 1.82) is 0 Å². The molecule has 3 aromatic carbocycles. The molecule has 0 aliphatic carbocycles. The second-order valence-electron chi connectivity index (χ2n) is 9.15. The summed E-state index contributed by atoms with van der Waals surface area (Å²) in [4.78, 5) is 44.4. The molecule has 1 aromatic heterocycles. The maximum absolute atomic E-state index is 13.1. The van der Waals surface area contributed by atoms with Gasteiger partial charge in [0.15, 0.2) is 0 Å². The molecule has 7 nitrogen and oxygen atoms in total. The van der Waals surface area contributed by atoms with Crippen LogP contribution in [0.1, 0.15) is 42.8 Å². The normalized spacial score (nSPS) is 14.7. The average molecular weight is 537 g/mol. The number of para-hydroxylation sites is 1. The van der Waals surface area contributed by atoms with Crippen LogP contribution in [0, 0.1) is 0 Å². The van der Waals surface area contributed by atoms with Crippen molar-refractivity contribution in [3.8, 4) is 0 Å². The summed E-state index contributed by atoms with van der Waals surface area (Å²) in [7, 11) is 0.